The predicted molar refractivity (Wildman–Crippen MR) is 112 cm³/mol. The van der Waals surface area contributed by atoms with Gasteiger partial charge in [0.15, 0.2) is 11.6 Å². The fourth-order valence-electron chi connectivity index (χ4n) is 5.73. The van der Waals surface area contributed by atoms with Crippen LogP contribution in [0.5, 0.6) is 0 Å². The van der Waals surface area contributed by atoms with Gasteiger partial charge in [0, 0.05) is 5.56 Å². The van der Waals surface area contributed by atoms with Crippen LogP contribution in [0.2, 0.25) is 0 Å². The Kier molecular flexibility index (Phi) is 6.32. The fourth-order valence-corrected chi connectivity index (χ4v) is 5.73. The molecule has 0 saturated heterocycles. The number of rotatable bonds is 5. The highest BCUT2D eigenvalue weighted by molar-refractivity contribution is 5.64. The summed E-state index contributed by atoms with van der Waals surface area (Å²) < 4.78 is 41.5. The lowest BCUT2D eigenvalue weighted by Gasteiger charge is -2.42. The van der Waals surface area contributed by atoms with Crippen LogP contribution >= 0.6 is 0 Å². The molecule has 0 radical (unpaired) electrons. The fraction of sp³-hybridized carbons (Fsp3) is 0.538. The van der Waals surface area contributed by atoms with Crippen LogP contribution in [-0.2, 0) is 0 Å². The first-order valence-corrected chi connectivity index (χ1v) is 11.3. The second kappa shape index (κ2) is 8.93. The van der Waals surface area contributed by atoms with Crippen molar-refractivity contribution in [3.8, 4) is 11.1 Å². The van der Waals surface area contributed by atoms with Crippen molar-refractivity contribution in [1.29, 1.82) is 0 Å². The van der Waals surface area contributed by atoms with Crippen LogP contribution in [0.1, 0.15) is 76.2 Å². The van der Waals surface area contributed by atoms with Crippen molar-refractivity contribution < 1.29 is 13.2 Å². The quantitative estimate of drug-likeness (QED) is 0.474. The van der Waals surface area contributed by atoms with E-state index in [1.165, 1.54) is 51.0 Å². The molecule has 2 aromatic rings. The summed E-state index contributed by atoms with van der Waals surface area (Å²) in [6.45, 7) is 2.27. The highest BCUT2D eigenvalue weighted by atomic mass is 19.2. The first kappa shape index (κ1) is 20.5. The molecule has 2 fully saturated rings. The summed E-state index contributed by atoms with van der Waals surface area (Å²) in [5, 5.41) is 0. The van der Waals surface area contributed by atoms with Crippen molar-refractivity contribution >= 4 is 0 Å². The molecule has 0 spiro atoms. The van der Waals surface area contributed by atoms with Crippen LogP contribution in [0.25, 0.3) is 11.1 Å². The number of unbranched alkanes of at least 4 members (excludes halogenated alkanes) is 1. The zero-order chi connectivity index (χ0) is 20.4. The van der Waals surface area contributed by atoms with Crippen LogP contribution in [0, 0.1) is 35.2 Å². The number of hydrogen-bond acceptors (Lipinski definition) is 0. The van der Waals surface area contributed by atoms with Crippen LogP contribution in [-0.4, -0.2) is 0 Å². The first-order chi connectivity index (χ1) is 14.0. The Balaban J connectivity index is 1.44. The van der Waals surface area contributed by atoms with Crippen molar-refractivity contribution in [3.63, 3.8) is 0 Å². The summed E-state index contributed by atoms with van der Waals surface area (Å²) in [6, 6.07) is 8.88. The van der Waals surface area contributed by atoms with E-state index < -0.39 is 11.6 Å². The maximum absolute atomic E-state index is 14.8. The lowest BCUT2D eigenvalue weighted by atomic mass is 9.63. The van der Waals surface area contributed by atoms with E-state index in [1.54, 1.807) is 12.1 Å². The van der Waals surface area contributed by atoms with Crippen LogP contribution in [0.3, 0.4) is 0 Å². The normalized spacial score (nSPS) is 26.9. The number of halogens is 3. The van der Waals surface area contributed by atoms with E-state index in [0.717, 1.165) is 48.3 Å². The van der Waals surface area contributed by atoms with Gasteiger partial charge in [0.1, 0.15) is 5.82 Å². The van der Waals surface area contributed by atoms with E-state index in [1.807, 2.05) is 6.07 Å². The summed E-state index contributed by atoms with van der Waals surface area (Å²) in [7, 11) is 0. The Hall–Kier alpha value is -1.77. The third kappa shape index (κ3) is 4.54. The zero-order valence-electron chi connectivity index (χ0n) is 17.3. The lowest BCUT2D eigenvalue weighted by molar-refractivity contribution is 0.113. The molecule has 3 heteroatoms. The zero-order valence-corrected chi connectivity index (χ0v) is 17.3. The average molecular weight is 401 g/mol. The van der Waals surface area contributed by atoms with Gasteiger partial charge in [-0.3, -0.25) is 0 Å². The molecule has 0 aromatic heterocycles. The van der Waals surface area contributed by atoms with Gasteiger partial charge in [0.05, 0.1) is 0 Å². The molecular formula is C26H31F3. The standard InChI is InChI=1S/C26H31F3/c1-2-3-4-17-5-6-19-14-20(8-7-18(19)13-17)21-9-11-23(25(28)15-21)22-10-12-24(27)26(29)16-22/h9-12,15-20H,2-8,13-14H2,1H3. The summed E-state index contributed by atoms with van der Waals surface area (Å²) in [6.07, 6.45) is 11.7. The Labute approximate surface area is 172 Å². The minimum atomic E-state index is -0.946. The van der Waals surface area contributed by atoms with E-state index in [-0.39, 0.29) is 5.82 Å². The topological polar surface area (TPSA) is 0 Å². The molecule has 4 unspecified atom stereocenters. The van der Waals surface area contributed by atoms with E-state index in [2.05, 4.69) is 6.92 Å². The minimum Gasteiger partial charge on any atom is -0.206 e. The minimum absolute atomic E-state index is 0.331. The molecular weight excluding hydrogens is 369 g/mol. The molecule has 0 bridgehead atoms. The highest BCUT2D eigenvalue weighted by Gasteiger charge is 2.35. The molecule has 2 aliphatic rings. The van der Waals surface area contributed by atoms with Crippen LogP contribution in [0.4, 0.5) is 13.2 Å². The van der Waals surface area contributed by atoms with Crippen molar-refractivity contribution in [2.24, 2.45) is 17.8 Å². The monoisotopic (exact) mass is 400 g/mol. The van der Waals surface area contributed by atoms with Crippen LogP contribution < -0.4 is 0 Å². The van der Waals surface area contributed by atoms with E-state index in [4.69, 9.17) is 0 Å². The third-order valence-corrected chi connectivity index (χ3v) is 7.38. The molecule has 2 aromatic carbocycles. The van der Waals surface area contributed by atoms with Gasteiger partial charge in [-0.05, 0) is 85.1 Å². The highest BCUT2D eigenvalue weighted by Crippen LogP contribution is 2.48. The molecule has 156 valence electrons. The molecule has 0 nitrogen and oxygen atoms in total. The second-order valence-electron chi connectivity index (χ2n) is 9.22. The third-order valence-electron chi connectivity index (χ3n) is 7.38. The SMILES string of the molecule is CCCCC1CCC2CC(c3ccc(-c4ccc(F)c(F)c4)c(F)c3)CCC2C1. The van der Waals surface area contributed by atoms with E-state index in [9.17, 15) is 13.2 Å². The summed E-state index contributed by atoms with van der Waals surface area (Å²) in [5.74, 6) is 0.760. The lowest BCUT2D eigenvalue weighted by Crippen LogP contribution is -2.30. The number of hydrogen-bond donors (Lipinski definition) is 0. The van der Waals surface area contributed by atoms with E-state index in [0.29, 0.717) is 17.0 Å². The predicted octanol–water partition coefficient (Wildman–Crippen LogP) is 8.26. The molecule has 4 rings (SSSR count). The molecule has 2 aliphatic carbocycles. The maximum Gasteiger partial charge on any atom is 0.159 e. The Morgan fingerprint density at radius 3 is 2.34 bits per heavy atom. The van der Waals surface area contributed by atoms with Crippen LogP contribution in [0.15, 0.2) is 36.4 Å². The molecule has 0 aliphatic heterocycles. The molecule has 2 saturated carbocycles. The molecule has 0 heterocycles. The Morgan fingerprint density at radius 2 is 1.59 bits per heavy atom. The Morgan fingerprint density at radius 1 is 0.793 bits per heavy atom. The largest absolute Gasteiger partial charge is 0.206 e. The number of fused-ring (bicyclic) bond motifs is 1. The van der Waals surface area contributed by atoms with Crippen molar-refractivity contribution in [2.75, 3.05) is 0 Å². The summed E-state index contributed by atoms with van der Waals surface area (Å²) in [5.41, 5.74) is 1.76. The summed E-state index contributed by atoms with van der Waals surface area (Å²) >= 11 is 0. The second-order valence-corrected chi connectivity index (χ2v) is 9.22. The van der Waals surface area contributed by atoms with E-state index >= 15 is 0 Å². The smallest absolute Gasteiger partial charge is 0.159 e. The molecule has 0 amide bonds. The van der Waals surface area contributed by atoms with Gasteiger partial charge in [-0.25, -0.2) is 13.2 Å². The van der Waals surface area contributed by atoms with Gasteiger partial charge in [-0.1, -0.05) is 50.8 Å². The van der Waals surface area contributed by atoms with Gasteiger partial charge < -0.3 is 0 Å². The van der Waals surface area contributed by atoms with Gasteiger partial charge >= 0.3 is 0 Å². The van der Waals surface area contributed by atoms with Gasteiger partial charge in [0.25, 0.3) is 0 Å². The average Bonchev–Trinajstić information content (AvgIpc) is 2.73. The Bertz CT molecular complexity index is 844. The van der Waals surface area contributed by atoms with Crippen molar-refractivity contribution in [3.05, 3.63) is 59.4 Å². The molecule has 0 N–H and O–H groups in total. The number of benzene rings is 2. The van der Waals surface area contributed by atoms with Crippen molar-refractivity contribution in [1.82, 2.24) is 0 Å². The van der Waals surface area contributed by atoms with Gasteiger partial charge in [-0.15, -0.1) is 0 Å². The maximum atomic E-state index is 14.8. The van der Waals surface area contributed by atoms with Crippen molar-refractivity contribution in [2.45, 2.75) is 70.6 Å². The van der Waals surface area contributed by atoms with Gasteiger partial charge in [-0.2, -0.15) is 0 Å². The summed E-state index contributed by atoms with van der Waals surface area (Å²) in [4.78, 5) is 0. The molecule has 29 heavy (non-hydrogen) atoms. The first-order valence-electron chi connectivity index (χ1n) is 11.3. The van der Waals surface area contributed by atoms with Gasteiger partial charge in [0.2, 0.25) is 0 Å². The molecule has 4 atom stereocenters.